The molecule has 4 nitrogen and oxygen atoms in total. The summed E-state index contributed by atoms with van der Waals surface area (Å²) in [6.07, 6.45) is 3.56. The number of nitrogens with zero attached hydrogens (tertiary/aromatic N) is 2. The van der Waals surface area contributed by atoms with Gasteiger partial charge in [-0.3, -0.25) is 0 Å². The molecule has 0 bridgehead atoms. The normalized spacial score (nSPS) is 14.5. The Hall–Kier alpha value is -1.33. The quantitative estimate of drug-likeness (QED) is 0.594. The summed E-state index contributed by atoms with van der Waals surface area (Å²) in [5.41, 5.74) is 1.32. The van der Waals surface area contributed by atoms with Crippen molar-refractivity contribution in [3.8, 4) is 0 Å². The van der Waals surface area contributed by atoms with Gasteiger partial charge in [0.1, 0.15) is 0 Å². The van der Waals surface area contributed by atoms with Crippen molar-refractivity contribution in [2.24, 2.45) is 0 Å². The Morgan fingerprint density at radius 1 is 1.29 bits per heavy atom. The Balaban J connectivity index is 1.47. The zero-order valence-electron chi connectivity index (χ0n) is 12.3. The number of nitrogens with one attached hydrogen (secondary N) is 1. The molecule has 3 rings (SSSR count). The van der Waals surface area contributed by atoms with E-state index in [9.17, 15) is 0 Å². The summed E-state index contributed by atoms with van der Waals surface area (Å²) in [6, 6.07) is 8.68. The third kappa shape index (κ3) is 4.32. The van der Waals surface area contributed by atoms with Gasteiger partial charge in [-0.1, -0.05) is 24.2 Å². The van der Waals surface area contributed by atoms with Gasteiger partial charge in [-0.15, -0.1) is 11.8 Å². The lowest BCUT2D eigenvalue weighted by atomic mass is 10.2. The van der Waals surface area contributed by atoms with Crippen molar-refractivity contribution >= 4 is 11.8 Å². The van der Waals surface area contributed by atoms with Gasteiger partial charge in [-0.25, -0.2) is 0 Å². The van der Waals surface area contributed by atoms with E-state index in [4.69, 9.17) is 4.52 Å². The molecule has 1 fully saturated rings. The van der Waals surface area contributed by atoms with Crippen molar-refractivity contribution in [1.29, 1.82) is 0 Å². The van der Waals surface area contributed by atoms with E-state index in [-0.39, 0.29) is 0 Å². The molecular weight excluding hydrogens is 282 g/mol. The highest BCUT2D eigenvalue weighted by Gasteiger charge is 2.29. The topological polar surface area (TPSA) is 51.0 Å². The second kappa shape index (κ2) is 7.09. The summed E-state index contributed by atoms with van der Waals surface area (Å²) in [5.74, 6) is 2.92. The van der Waals surface area contributed by atoms with Crippen molar-refractivity contribution in [3.63, 3.8) is 0 Å². The van der Waals surface area contributed by atoms with E-state index in [0.717, 1.165) is 30.6 Å². The first-order chi connectivity index (χ1) is 10.3. The second-order valence-electron chi connectivity index (χ2n) is 5.43. The maximum Gasteiger partial charge on any atom is 0.229 e. The molecule has 2 aromatic rings. The molecule has 0 amide bonds. The zero-order chi connectivity index (χ0) is 14.5. The van der Waals surface area contributed by atoms with E-state index in [1.165, 1.54) is 29.7 Å². The van der Waals surface area contributed by atoms with Gasteiger partial charge in [0.25, 0.3) is 0 Å². The lowest BCUT2D eigenvalue weighted by Crippen LogP contribution is -2.13. The molecule has 5 heteroatoms. The molecule has 21 heavy (non-hydrogen) atoms. The first kappa shape index (κ1) is 14.6. The molecule has 0 radical (unpaired) electrons. The molecule has 1 saturated carbocycles. The highest BCUT2D eigenvalue weighted by molar-refractivity contribution is 7.98. The third-order valence-corrected chi connectivity index (χ3v) is 4.47. The number of benzene rings is 1. The highest BCUT2D eigenvalue weighted by Crippen LogP contribution is 2.39. The number of hydrogen-bond donors (Lipinski definition) is 1. The van der Waals surface area contributed by atoms with Gasteiger partial charge in [0.15, 0.2) is 5.82 Å². The fourth-order valence-electron chi connectivity index (χ4n) is 2.08. The molecule has 0 atom stereocenters. The minimum Gasteiger partial charge on any atom is -0.339 e. The van der Waals surface area contributed by atoms with Gasteiger partial charge in [0, 0.05) is 17.4 Å². The maximum absolute atomic E-state index is 5.27. The molecule has 0 spiro atoms. The standard InChI is InChI=1S/C16H21N3OS/c1-2-9-17-10-12-3-7-14(8-4-12)21-11-15-18-16(20-19-15)13-5-6-13/h3-4,7-8,13,17H,2,5-6,9-11H2,1H3. The smallest absolute Gasteiger partial charge is 0.229 e. The van der Waals surface area contributed by atoms with Crippen LogP contribution in [0.5, 0.6) is 0 Å². The van der Waals surface area contributed by atoms with Crippen LogP contribution in [0.15, 0.2) is 33.7 Å². The highest BCUT2D eigenvalue weighted by atomic mass is 32.2. The first-order valence-corrected chi connectivity index (χ1v) is 8.58. The van der Waals surface area contributed by atoms with Gasteiger partial charge in [0.2, 0.25) is 5.89 Å². The number of thioether (sulfide) groups is 1. The maximum atomic E-state index is 5.27. The van der Waals surface area contributed by atoms with E-state index < -0.39 is 0 Å². The molecular formula is C16H21N3OS. The van der Waals surface area contributed by atoms with Crippen LogP contribution >= 0.6 is 11.8 Å². The van der Waals surface area contributed by atoms with Crippen LogP contribution < -0.4 is 5.32 Å². The minimum absolute atomic E-state index is 0.533. The van der Waals surface area contributed by atoms with Gasteiger partial charge in [0.05, 0.1) is 5.75 Å². The lowest BCUT2D eigenvalue weighted by molar-refractivity contribution is 0.375. The molecule has 1 N–H and O–H groups in total. The van der Waals surface area contributed by atoms with E-state index in [1.807, 2.05) is 0 Å². The van der Waals surface area contributed by atoms with E-state index in [0.29, 0.717) is 5.92 Å². The number of rotatable bonds is 8. The summed E-state index contributed by atoms with van der Waals surface area (Å²) in [5, 5.41) is 7.45. The van der Waals surface area contributed by atoms with Gasteiger partial charge in [-0.05, 0) is 43.5 Å². The summed E-state index contributed by atoms with van der Waals surface area (Å²) >= 11 is 1.75. The van der Waals surface area contributed by atoms with E-state index in [1.54, 1.807) is 11.8 Å². The van der Waals surface area contributed by atoms with Crippen LogP contribution in [0.25, 0.3) is 0 Å². The zero-order valence-corrected chi connectivity index (χ0v) is 13.2. The average Bonchev–Trinajstić information content (AvgIpc) is 3.26. The van der Waals surface area contributed by atoms with Crippen molar-refractivity contribution in [2.75, 3.05) is 6.54 Å². The molecule has 1 aromatic carbocycles. The monoisotopic (exact) mass is 303 g/mol. The van der Waals surface area contributed by atoms with Crippen LogP contribution in [-0.2, 0) is 12.3 Å². The van der Waals surface area contributed by atoms with Crippen molar-refractivity contribution in [3.05, 3.63) is 41.5 Å². The van der Waals surface area contributed by atoms with Crippen molar-refractivity contribution < 1.29 is 4.52 Å². The molecule has 0 aliphatic heterocycles. The van der Waals surface area contributed by atoms with Crippen LogP contribution in [0, 0.1) is 0 Å². The Kier molecular flexibility index (Phi) is 4.93. The fourth-order valence-corrected chi connectivity index (χ4v) is 2.82. The average molecular weight is 303 g/mol. The lowest BCUT2D eigenvalue weighted by Gasteiger charge is -2.04. The molecule has 0 saturated heterocycles. The van der Waals surface area contributed by atoms with Crippen LogP contribution in [-0.4, -0.2) is 16.7 Å². The predicted molar refractivity (Wildman–Crippen MR) is 84.3 cm³/mol. The Morgan fingerprint density at radius 2 is 2.10 bits per heavy atom. The Labute approximate surface area is 129 Å². The molecule has 112 valence electrons. The number of aromatic nitrogens is 2. The SMILES string of the molecule is CCCNCc1ccc(SCc2noc(C3CC3)n2)cc1. The Bertz CT molecular complexity index is 563. The summed E-state index contributed by atoms with van der Waals surface area (Å²) in [4.78, 5) is 5.69. The van der Waals surface area contributed by atoms with E-state index in [2.05, 4.69) is 46.6 Å². The molecule has 1 aromatic heterocycles. The molecule has 1 aliphatic rings. The minimum atomic E-state index is 0.533. The van der Waals surface area contributed by atoms with Crippen LogP contribution in [0.2, 0.25) is 0 Å². The van der Waals surface area contributed by atoms with Gasteiger partial charge in [-0.2, -0.15) is 4.98 Å². The third-order valence-electron chi connectivity index (χ3n) is 3.46. The number of hydrogen-bond acceptors (Lipinski definition) is 5. The fraction of sp³-hybridized carbons (Fsp3) is 0.500. The van der Waals surface area contributed by atoms with Crippen molar-refractivity contribution in [2.45, 2.75) is 49.3 Å². The summed E-state index contributed by atoms with van der Waals surface area (Å²) in [7, 11) is 0. The van der Waals surface area contributed by atoms with Crippen LogP contribution in [0.3, 0.4) is 0 Å². The summed E-state index contributed by atoms with van der Waals surface area (Å²) in [6.45, 7) is 4.19. The van der Waals surface area contributed by atoms with Crippen LogP contribution in [0.1, 0.15) is 49.4 Å². The first-order valence-electron chi connectivity index (χ1n) is 7.60. The molecule has 1 heterocycles. The predicted octanol–water partition coefficient (Wildman–Crippen LogP) is 3.74. The van der Waals surface area contributed by atoms with Crippen LogP contribution in [0.4, 0.5) is 0 Å². The molecule has 0 unspecified atom stereocenters. The van der Waals surface area contributed by atoms with E-state index >= 15 is 0 Å². The van der Waals surface area contributed by atoms with Gasteiger partial charge >= 0.3 is 0 Å². The second-order valence-corrected chi connectivity index (χ2v) is 6.48. The largest absolute Gasteiger partial charge is 0.339 e. The molecule has 1 aliphatic carbocycles. The Morgan fingerprint density at radius 3 is 2.81 bits per heavy atom. The summed E-state index contributed by atoms with van der Waals surface area (Å²) < 4.78 is 5.27. The van der Waals surface area contributed by atoms with Crippen molar-refractivity contribution in [1.82, 2.24) is 15.5 Å². The van der Waals surface area contributed by atoms with Gasteiger partial charge < -0.3 is 9.84 Å².